The molecule has 2 rings (SSSR count). The van der Waals surface area contributed by atoms with Crippen LogP contribution in [0.1, 0.15) is 18.1 Å². The molecule has 0 aliphatic heterocycles. The van der Waals surface area contributed by atoms with Crippen LogP contribution in [-0.2, 0) is 17.9 Å². The summed E-state index contributed by atoms with van der Waals surface area (Å²) in [6, 6.07) is 16.0. The van der Waals surface area contributed by atoms with Gasteiger partial charge in [0.25, 0.3) is 0 Å². The molecule has 0 aliphatic carbocycles. The van der Waals surface area contributed by atoms with Crippen molar-refractivity contribution in [1.29, 1.82) is 0 Å². The van der Waals surface area contributed by atoms with E-state index in [-0.39, 0.29) is 0 Å². The third-order valence-electron chi connectivity index (χ3n) is 2.91. The van der Waals surface area contributed by atoms with Gasteiger partial charge in [-0.15, -0.1) is 0 Å². The summed E-state index contributed by atoms with van der Waals surface area (Å²) in [5.74, 6) is 0. The van der Waals surface area contributed by atoms with Crippen molar-refractivity contribution in [3.63, 3.8) is 0 Å². The minimum Gasteiger partial charge on any atom is -0.381 e. The minimum atomic E-state index is 0.627. The van der Waals surface area contributed by atoms with Gasteiger partial charge >= 0.3 is 0 Å². The summed E-state index contributed by atoms with van der Waals surface area (Å²) in [4.78, 5) is 0. The summed E-state index contributed by atoms with van der Waals surface area (Å²) in [7, 11) is 0. The van der Waals surface area contributed by atoms with Crippen molar-refractivity contribution in [2.45, 2.75) is 20.1 Å². The number of rotatable bonds is 6. The van der Waals surface area contributed by atoms with E-state index in [9.17, 15) is 0 Å². The van der Waals surface area contributed by atoms with Crippen LogP contribution in [0.5, 0.6) is 0 Å². The summed E-state index contributed by atoms with van der Waals surface area (Å²) in [6.45, 7) is 4.06. The van der Waals surface area contributed by atoms with Crippen molar-refractivity contribution in [2.24, 2.45) is 0 Å². The van der Waals surface area contributed by atoms with Crippen LogP contribution in [0.25, 0.3) is 0 Å². The van der Waals surface area contributed by atoms with Gasteiger partial charge in [0.1, 0.15) is 0 Å². The number of anilines is 1. The van der Waals surface area contributed by atoms with Crippen LogP contribution < -0.4 is 5.32 Å². The molecule has 0 unspecified atom stereocenters. The van der Waals surface area contributed by atoms with E-state index in [1.165, 1.54) is 0 Å². The molecule has 0 saturated carbocycles. The summed E-state index contributed by atoms with van der Waals surface area (Å²) in [5, 5.41) is 4.20. The van der Waals surface area contributed by atoms with Gasteiger partial charge in [-0.05, 0) is 24.6 Å². The fourth-order valence-electron chi connectivity index (χ4n) is 1.86. The van der Waals surface area contributed by atoms with Crippen molar-refractivity contribution in [1.82, 2.24) is 0 Å². The highest BCUT2D eigenvalue weighted by Crippen LogP contribution is 2.20. The predicted octanol–water partition coefficient (Wildman–Crippen LogP) is 4.49. The molecule has 2 aromatic carbocycles. The molecule has 0 bridgehead atoms. The summed E-state index contributed by atoms with van der Waals surface area (Å²) in [5.41, 5.74) is 3.35. The summed E-state index contributed by atoms with van der Waals surface area (Å²) in [6.07, 6.45) is 0. The molecule has 0 aromatic heterocycles. The van der Waals surface area contributed by atoms with E-state index in [2.05, 4.69) is 17.4 Å². The van der Waals surface area contributed by atoms with Gasteiger partial charge in [-0.25, -0.2) is 0 Å². The van der Waals surface area contributed by atoms with Crippen molar-refractivity contribution >= 4 is 17.3 Å². The highest BCUT2D eigenvalue weighted by atomic mass is 35.5. The smallest absolute Gasteiger partial charge is 0.0736 e. The van der Waals surface area contributed by atoms with Crippen molar-refractivity contribution < 1.29 is 4.74 Å². The Morgan fingerprint density at radius 2 is 1.68 bits per heavy atom. The molecule has 100 valence electrons. The van der Waals surface area contributed by atoms with Crippen LogP contribution >= 0.6 is 11.6 Å². The molecule has 0 saturated heterocycles. The molecule has 0 heterocycles. The molecular formula is C16H18ClNO. The van der Waals surface area contributed by atoms with E-state index in [4.69, 9.17) is 16.3 Å². The van der Waals surface area contributed by atoms with Crippen LogP contribution in [0, 0.1) is 0 Å². The molecule has 1 N–H and O–H groups in total. The zero-order chi connectivity index (χ0) is 13.5. The molecule has 0 radical (unpaired) electrons. The Balaban J connectivity index is 2.05. The molecule has 0 fully saturated rings. The molecule has 2 aromatic rings. The lowest BCUT2D eigenvalue weighted by Crippen LogP contribution is -2.04. The fraction of sp³-hybridized carbons (Fsp3) is 0.250. The van der Waals surface area contributed by atoms with Gasteiger partial charge < -0.3 is 10.1 Å². The Bertz CT molecular complexity index is 528. The number of para-hydroxylation sites is 1. The normalized spacial score (nSPS) is 10.4. The van der Waals surface area contributed by atoms with Crippen molar-refractivity contribution in [3.8, 4) is 0 Å². The molecule has 3 heteroatoms. The van der Waals surface area contributed by atoms with Gasteiger partial charge in [-0.3, -0.25) is 0 Å². The first-order valence-corrected chi connectivity index (χ1v) is 6.82. The number of hydrogen-bond donors (Lipinski definition) is 1. The van der Waals surface area contributed by atoms with Gasteiger partial charge in [-0.1, -0.05) is 48.0 Å². The van der Waals surface area contributed by atoms with E-state index in [0.29, 0.717) is 13.2 Å². The predicted molar refractivity (Wildman–Crippen MR) is 80.6 cm³/mol. The van der Waals surface area contributed by atoms with Gasteiger partial charge in [-0.2, -0.15) is 0 Å². The first-order valence-electron chi connectivity index (χ1n) is 6.44. The molecule has 2 nitrogen and oxygen atoms in total. The zero-order valence-electron chi connectivity index (χ0n) is 11.0. The SMILES string of the molecule is CCOCc1ccccc1NCc1ccccc1Cl. The lowest BCUT2D eigenvalue weighted by molar-refractivity contribution is 0.134. The lowest BCUT2D eigenvalue weighted by Gasteiger charge is -2.12. The number of nitrogens with one attached hydrogen (secondary N) is 1. The summed E-state index contributed by atoms with van der Waals surface area (Å²) < 4.78 is 5.47. The summed E-state index contributed by atoms with van der Waals surface area (Å²) >= 11 is 6.15. The number of halogens is 1. The topological polar surface area (TPSA) is 21.3 Å². The van der Waals surface area contributed by atoms with Crippen LogP contribution in [0.15, 0.2) is 48.5 Å². The molecular weight excluding hydrogens is 258 g/mol. The third-order valence-corrected chi connectivity index (χ3v) is 3.27. The Morgan fingerprint density at radius 1 is 1.00 bits per heavy atom. The Hall–Kier alpha value is -1.51. The van der Waals surface area contributed by atoms with Gasteiger partial charge in [0, 0.05) is 29.4 Å². The van der Waals surface area contributed by atoms with Gasteiger partial charge in [0.15, 0.2) is 0 Å². The highest BCUT2D eigenvalue weighted by molar-refractivity contribution is 6.31. The second-order valence-corrected chi connectivity index (χ2v) is 4.65. The Kier molecular flexibility index (Phi) is 5.25. The monoisotopic (exact) mass is 275 g/mol. The van der Waals surface area contributed by atoms with Crippen molar-refractivity contribution in [2.75, 3.05) is 11.9 Å². The lowest BCUT2D eigenvalue weighted by atomic mass is 10.1. The maximum absolute atomic E-state index is 6.15. The maximum atomic E-state index is 6.15. The third kappa shape index (κ3) is 3.98. The number of hydrogen-bond acceptors (Lipinski definition) is 2. The van der Waals surface area contributed by atoms with Crippen molar-refractivity contribution in [3.05, 3.63) is 64.7 Å². The van der Waals surface area contributed by atoms with Gasteiger partial charge in [0.05, 0.1) is 6.61 Å². The standard InChI is InChI=1S/C16H18ClNO/c1-2-19-12-14-8-4-6-10-16(14)18-11-13-7-3-5-9-15(13)17/h3-10,18H,2,11-12H2,1H3. The average Bonchev–Trinajstić information content (AvgIpc) is 2.45. The van der Waals surface area contributed by atoms with Gasteiger partial charge in [0.2, 0.25) is 0 Å². The average molecular weight is 276 g/mol. The Morgan fingerprint density at radius 3 is 2.42 bits per heavy atom. The first-order chi connectivity index (χ1) is 9.31. The molecule has 0 aliphatic rings. The van der Waals surface area contributed by atoms with E-state index >= 15 is 0 Å². The maximum Gasteiger partial charge on any atom is 0.0736 e. The van der Waals surface area contributed by atoms with E-state index < -0.39 is 0 Å². The minimum absolute atomic E-state index is 0.627. The quantitative estimate of drug-likeness (QED) is 0.839. The van der Waals surface area contributed by atoms with Crippen LogP contribution in [0.2, 0.25) is 5.02 Å². The Labute approximate surface area is 119 Å². The molecule has 19 heavy (non-hydrogen) atoms. The molecule has 0 atom stereocenters. The van der Waals surface area contributed by atoms with Crippen LogP contribution in [-0.4, -0.2) is 6.61 Å². The van der Waals surface area contributed by atoms with E-state index in [1.807, 2.05) is 43.3 Å². The van der Waals surface area contributed by atoms with Crippen LogP contribution in [0.3, 0.4) is 0 Å². The molecule has 0 amide bonds. The number of ether oxygens (including phenoxy) is 1. The zero-order valence-corrected chi connectivity index (χ0v) is 11.8. The largest absolute Gasteiger partial charge is 0.381 e. The van der Waals surface area contributed by atoms with E-state index in [1.54, 1.807) is 0 Å². The first kappa shape index (κ1) is 13.9. The second kappa shape index (κ2) is 7.17. The molecule has 0 spiro atoms. The van der Waals surface area contributed by atoms with Crippen LogP contribution in [0.4, 0.5) is 5.69 Å². The van der Waals surface area contributed by atoms with E-state index in [0.717, 1.165) is 28.4 Å². The number of benzene rings is 2. The second-order valence-electron chi connectivity index (χ2n) is 4.24. The fourth-order valence-corrected chi connectivity index (χ4v) is 2.07. The highest BCUT2D eigenvalue weighted by Gasteiger charge is 2.03.